The van der Waals surface area contributed by atoms with Crippen molar-refractivity contribution in [2.24, 2.45) is 0 Å². The number of unbranched alkanes of at least 4 members (excludes halogenated alkanes) is 1. The summed E-state index contributed by atoms with van der Waals surface area (Å²) in [5, 5.41) is -0.714. The minimum atomic E-state index is -5.10. The predicted molar refractivity (Wildman–Crippen MR) is 180 cm³/mol. The van der Waals surface area contributed by atoms with Gasteiger partial charge in [-0.2, -0.15) is 8.78 Å². The zero-order valence-electron chi connectivity index (χ0n) is 28.3. The first-order chi connectivity index (χ1) is 23.0. The van der Waals surface area contributed by atoms with Crippen LogP contribution in [0, 0.1) is 17.7 Å². The lowest BCUT2D eigenvalue weighted by molar-refractivity contribution is -0.303. The lowest BCUT2D eigenvalue weighted by Gasteiger charge is -2.21. The number of hydrogen-bond acceptors (Lipinski definition) is 2. The standard InChI is InChI=1S/C38H39ClF8O2/c1-8-15-16-26-18-20-28(33(40)22-26)19-17-25(9-2)21-34(41)30(12-5)27(10-3)23-35(42)31(13-6)37(43,44)48-29(11-4)24-32(39)36(14-7)49-38(45,46)47/h9-14,18,20-24H,8,15-16H2,1-7H3/b25-9-,27-10+,29-11+,30-12+,31-13-,32-24+,34-21+,35-23+,36-14-. The normalized spacial score (nSPS) is 15.3. The molecule has 49 heavy (non-hydrogen) atoms. The molecule has 0 aliphatic rings. The van der Waals surface area contributed by atoms with Crippen LogP contribution in [0.2, 0.25) is 0 Å². The highest BCUT2D eigenvalue weighted by atomic mass is 35.5. The smallest absolute Gasteiger partial charge is 0.429 e. The predicted octanol–water partition coefficient (Wildman–Crippen LogP) is 13.1. The van der Waals surface area contributed by atoms with Crippen molar-refractivity contribution in [3.05, 3.63) is 140 Å². The highest BCUT2D eigenvalue weighted by molar-refractivity contribution is 6.31. The SMILES string of the molecule is C/C=C(OC(F)(F)F)/C(Cl)=C\C(=C/C)OC(F)(F)C(=C\C)/C(F)=C\C(=C/C)C(=C/C)\C(F)=C/C(C#Cc1ccc(CCCC)cc1F)=C\C. The van der Waals surface area contributed by atoms with Crippen LogP contribution in [0.4, 0.5) is 35.1 Å². The molecule has 0 N–H and O–H groups in total. The number of allylic oxidation sites excluding steroid dienone is 14. The van der Waals surface area contributed by atoms with Crippen molar-refractivity contribution in [3.8, 4) is 11.8 Å². The van der Waals surface area contributed by atoms with Gasteiger partial charge in [0.2, 0.25) is 0 Å². The molecule has 1 aromatic rings. The Bertz CT molecular complexity index is 1650. The van der Waals surface area contributed by atoms with Crippen LogP contribution >= 0.6 is 11.6 Å². The van der Waals surface area contributed by atoms with Gasteiger partial charge in [-0.15, -0.1) is 13.2 Å². The molecule has 0 saturated heterocycles. The van der Waals surface area contributed by atoms with Gasteiger partial charge < -0.3 is 9.47 Å². The van der Waals surface area contributed by atoms with Gasteiger partial charge in [-0.3, -0.25) is 0 Å². The van der Waals surface area contributed by atoms with E-state index >= 15 is 17.6 Å². The summed E-state index contributed by atoms with van der Waals surface area (Å²) in [6, 6.07) is 4.74. The Labute approximate surface area is 288 Å². The molecule has 0 atom stereocenters. The number of alkyl halides is 5. The molecule has 0 fully saturated rings. The van der Waals surface area contributed by atoms with Crippen LogP contribution in [-0.4, -0.2) is 12.5 Å². The van der Waals surface area contributed by atoms with Crippen molar-refractivity contribution >= 4 is 11.6 Å². The highest BCUT2D eigenvalue weighted by Gasteiger charge is 2.40. The third-order valence-electron chi connectivity index (χ3n) is 6.62. The summed E-state index contributed by atoms with van der Waals surface area (Å²) in [6.45, 7) is 10.0. The number of aryl methyl sites for hydroxylation is 1. The second-order valence-corrected chi connectivity index (χ2v) is 10.5. The van der Waals surface area contributed by atoms with Gasteiger partial charge in [0.25, 0.3) is 0 Å². The fourth-order valence-electron chi connectivity index (χ4n) is 4.10. The molecular formula is C38H39ClF8O2. The number of rotatable bonds is 14. The van der Waals surface area contributed by atoms with E-state index < -0.39 is 52.1 Å². The summed E-state index contributed by atoms with van der Waals surface area (Å²) in [5.41, 5.74) is -0.388. The van der Waals surface area contributed by atoms with Gasteiger partial charge in [0.05, 0.1) is 16.2 Å². The van der Waals surface area contributed by atoms with E-state index in [0.29, 0.717) is 12.2 Å². The zero-order valence-corrected chi connectivity index (χ0v) is 29.0. The number of halogens is 9. The van der Waals surface area contributed by atoms with Gasteiger partial charge in [0.1, 0.15) is 29.0 Å². The second-order valence-electron chi connectivity index (χ2n) is 10.0. The molecule has 0 aliphatic carbocycles. The summed E-state index contributed by atoms with van der Waals surface area (Å²) in [4.78, 5) is 0. The fourth-order valence-corrected chi connectivity index (χ4v) is 4.36. The van der Waals surface area contributed by atoms with E-state index in [1.54, 1.807) is 19.1 Å². The van der Waals surface area contributed by atoms with E-state index in [1.165, 1.54) is 52.0 Å². The van der Waals surface area contributed by atoms with E-state index in [4.69, 9.17) is 11.6 Å². The quantitative estimate of drug-likeness (QED) is 0.0827. The van der Waals surface area contributed by atoms with E-state index in [2.05, 4.69) is 21.3 Å². The van der Waals surface area contributed by atoms with Crippen LogP contribution in [0.25, 0.3) is 0 Å². The molecule has 0 heterocycles. The second kappa shape index (κ2) is 20.3. The Balaban J connectivity index is 3.35. The average molecular weight is 715 g/mol. The van der Waals surface area contributed by atoms with Crippen molar-refractivity contribution in [2.75, 3.05) is 0 Å². The molecule has 1 rings (SSSR count). The molecule has 0 bridgehead atoms. The van der Waals surface area contributed by atoms with Crippen molar-refractivity contribution < 1.29 is 44.6 Å². The van der Waals surface area contributed by atoms with Crippen molar-refractivity contribution in [1.82, 2.24) is 0 Å². The van der Waals surface area contributed by atoms with Crippen LogP contribution in [0.15, 0.2) is 123 Å². The summed E-state index contributed by atoms with van der Waals surface area (Å²) in [7, 11) is 0. The van der Waals surface area contributed by atoms with Crippen molar-refractivity contribution in [1.29, 1.82) is 0 Å². The minimum absolute atomic E-state index is 0.114. The molecular weight excluding hydrogens is 676 g/mol. The molecule has 266 valence electrons. The topological polar surface area (TPSA) is 18.5 Å². The Morgan fingerprint density at radius 3 is 1.98 bits per heavy atom. The van der Waals surface area contributed by atoms with E-state index in [-0.39, 0.29) is 22.3 Å². The monoisotopic (exact) mass is 714 g/mol. The number of ether oxygens (including phenoxy) is 2. The van der Waals surface area contributed by atoms with Gasteiger partial charge in [-0.05, 0) is 102 Å². The van der Waals surface area contributed by atoms with Crippen LogP contribution in [0.1, 0.15) is 72.4 Å². The van der Waals surface area contributed by atoms with Crippen molar-refractivity contribution in [2.45, 2.75) is 80.2 Å². The lowest BCUT2D eigenvalue weighted by atomic mass is 10.00. The van der Waals surface area contributed by atoms with Crippen LogP contribution in [0.3, 0.4) is 0 Å². The number of hydrogen-bond donors (Lipinski definition) is 0. The molecule has 0 radical (unpaired) electrons. The van der Waals surface area contributed by atoms with Crippen LogP contribution < -0.4 is 0 Å². The first kappa shape index (κ1) is 42.8. The van der Waals surface area contributed by atoms with Gasteiger partial charge in [-0.25, -0.2) is 13.2 Å². The maximum atomic E-state index is 15.5. The van der Waals surface area contributed by atoms with Crippen LogP contribution in [-0.2, 0) is 15.9 Å². The fraction of sp³-hybridized carbons (Fsp3) is 0.316. The zero-order chi connectivity index (χ0) is 37.4. The van der Waals surface area contributed by atoms with Gasteiger partial charge in [0, 0.05) is 17.2 Å². The third kappa shape index (κ3) is 14.0. The first-order valence-corrected chi connectivity index (χ1v) is 15.6. The molecule has 11 heteroatoms. The minimum Gasteiger partial charge on any atom is -0.429 e. The summed E-state index contributed by atoms with van der Waals surface area (Å²) < 4.78 is 122. The van der Waals surface area contributed by atoms with Gasteiger partial charge in [0.15, 0.2) is 0 Å². The van der Waals surface area contributed by atoms with E-state index in [9.17, 15) is 17.6 Å². The van der Waals surface area contributed by atoms with E-state index in [0.717, 1.165) is 56.1 Å². The van der Waals surface area contributed by atoms with E-state index in [1.807, 2.05) is 6.92 Å². The molecule has 0 unspecified atom stereocenters. The van der Waals surface area contributed by atoms with Gasteiger partial charge in [-0.1, -0.05) is 67.2 Å². The molecule has 2 nitrogen and oxygen atoms in total. The Kier molecular flexibility index (Phi) is 17.7. The Morgan fingerprint density at radius 1 is 0.816 bits per heavy atom. The molecule has 0 amide bonds. The summed E-state index contributed by atoms with van der Waals surface area (Å²) in [5.74, 6) is 0.946. The molecule has 0 aliphatic heterocycles. The first-order valence-electron chi connectivity index (χ1n) is 15.2. The Hall–Kier alpha value is -4.23. The number of benzene rings is 1. The highest BCUT2D eigenvalue weighted by Crippen LogP contribution is 2.37. The largest absolute Gasteiger partial charge is 0.573 e. The average Bonchev–Trinajstić information content (AvgIpc) is 3.03. The molecule has 1 aromatic carbocycles. The van der Waals surface area contributed by atoms with Crippen molar-refractivity contribution in [3.63, 3.8) is 0 Å². The maximum Gasteiger partial charge on any atom is 0.573 e. The summed E-state index contributed by atoms with van der Waals surface area (Å²) >= 11 is 5.84. The molecule has 0 aromatic heterocycles. The van der Waals surface area contributed by atoms with Crippen LogP contribution in [0.5, 0.6) is 0 Å². The third-order valence-corrected chi connectivity index (χ3v) is 6.92. The maximum absolute atomic E-state index is 15.5. The Morgan fingerprint density at radius 2 is 1.49 bits per heavy atom. The molecule has 0 saturated carbocycles. The summed E-state index contributed by atoms with van der Waals surface area (Å²) in [6.07, 6.45) is 2.19. The lowest BCUT2D eigenvalue weighted by Crippen LogP contribution is -2.24. The molecule has 0 spiro atoms. The van der Waals surface area contributed by atoms with Gasteiger partial charge >= 0.3 is 12.5 Å².